The van der Waals surface area contributed by atoms with Crippen molar-refractivity contribution in [2.75, 3.05) is 47.2 Å². The summed E-state index contributed by atoms with van der Waals surface area (Å²) in [5.41, 5.74) is 0. The third-order valence-corrected chi connectivity index (χ3v) is 13.9. The molecule has 4 aliphatic heterocycles. The Kier molecular flexibility index (Phi) is 24.0. The van der Waals surface area contributed by atoms with Gasteiger partial charge in [0.1, 0.15) is 79.7 Å². The predicted octanol–water partition coefficient (Wildman–Crippen LogP) is -11.7. The molecule has 4 fully saturated rings. The average Bonchev–Trinajstić information content (AvgIpc) is 3.52. The van der Waals surface area contributed by atoms with Crippen LogP contribution in [0.25, 0.3) is 0 Å². The summed E-state index contributed by atoms with van der Waals surface area (Å²) in [6.07, 6.45) is -42.7. The molecule has 0 saturated carbocycles. The first kappa shape index (κ1) is 70.5. The van der Waals surface area contributed by atoms with Gasteiger partial charge in [0.25, 0.3) is 0 Å². The molecular formula is C30H51N3O42S6. The van der Waals surface area contributed by atoms with Crippen LogP contribution in [0.5, 0.6) is 0 Å². The molecule has 51 heteroatoms. The van der Waals surface area contributed by atoms with Crippen LogP contribution >= 0.6 is 0 Å². The minimum absolute atomic E-state index is 0.779. The maximum absolute atomic E-state index is 13.0. The number of nitrogens with one attached hydrogen (secondary N) is 3. The van der Waals surface area contributed by atoms with Crippen LogP contribution < -0.4 is 14.8 Å². The van der Waals surface area contributed by atoms with Crippen LogP contribution in [0, 0.1) is 0 Å². The number of hydrogen-bond acceptors (Lipinski definition) is 34. The van der Waals surface area contributed by atoms with Crippen LogP contribution in [0.3, 0.4) is 0 Å². The molecule has 0 aromatic heterocycles. The molecule has 0 aromatic carbocycles. The number of amides is 1. The summed E-state index contributed by atoms with van der Waals surface area (Å²) in [6, 6.07) is -4.92. The molecule has 16 N–H and O–H groups in total. The topological polar surface area (TPSA) is 684 Å². The minimum atomic E-state index is -5.94. The van der Waals surface area contributed by atoms with Gasteiger partial charge in [0.2, 0.25) is 5.91 Å². The van der Waals surface area contributed by atoms with Gasteiger partial charge in [-0.25, -0.2) is 26.3 Å². The standard InChI is InChI=1S/C30H51N3O42S6/c1-62-17-8(5-66-78(50,51)52)68-27(11(13(17)35)32-76(44,45)46)71-20-16(38)24(75-81(59,60)61)30(43,73-23(20)26(41)42)65-4-3-31-10(34)7-64-18-9(6-67-79(53,54)55)69-28(12(14(18)36)33-77(47,48)49)70-19-15(37)21(74-80(56,57)58)29(63-2)72-22(19)25(39)40/h8-9,11-24,27-29,32-33,35-38,43H,3-7H2,1-2H3,(H,31,34)(H,39,40)(H,41,42)(H,44,45,46)(H,47,48,49)(H,50,51,52)(H,53,54,55)(H,56,57,58)(H,59,60,61)/t8-,9-,11-,12-,13-,14-,15+,16+,17-,18-,19+,20+,21-,22-,23-,24-,27-,28-,29-,30-/m1/s1. The molecule has 4 rings (SSSR count). The summed E-state index contributed by atoms with van der Waals surface area (Å²) < 4.78 is 268. The average molecular weight is 1320 g/mol. The number of aliphatic hydroxyl groups is 5. The lowest BCUT2D eigenvalue weighted by Gasteiger charge is -2.49. The van der Waals surface area contributed by atoms with Crippen molar-refractivity contribution in [3.8, 4) is 0 Å². The number of carbonyl (C=O) groups excluding carboxylic acids is 1. The van der Waals surface area contributed by atoms with Crippen LogP contribution in [-0.2, 0) is 141 Å². The Bertz CT molecular complexity index is 2880. The van der Waals surface area contributed by atoms with Crippen molar-refractivity contribution < 1.29 is 192 Å². The first-order valence-corrected chi connectivity index (χ1v) is 29.7. The van der Waals surface area contributed by atoms with Crippen molar-refractivity contribution in [1.82, 2.24) is 14.8 Å². The van der Waals surface area contributed by atoms with E-state index in [0.29, 0.717) is 0 Å². The number of aliphatic carboxylic acids is 2. The quantitative estimate of drug-likeness (QED) is 0.0188. The zero-order valence-electron chi connectivity index (χ0n) is 40.1. The Balaban J connectivity index is 1.56. The Hall–Kier alpha value is -2.97. The molecule has 4 saturated heterocycles. The Morgan fingerprint density at radius 1 is 0.543 bits per heavy atom. The smallest absolute Gasteiger partial charge is 0.398 e. The number of hydrogen-bond donors (Lipinski definition) is 16. The van der Waals surface area contributed by atoms with Crippen LogP contribution in [-0.4, -0.2) is 301 Å². The second-order valence-electron chi connectivity index (χ2n) is 16.5. The van der Waals surface area contributed by atoms with Gasteiger partial charge in [-0.05, 0) is 0 Å². The number of carboxylic acid groups (broad SMARTS) is 2. The van der Waals surface area contributed by atoms with Gasteiger partial charge in [0.05, 0.1) is 19.8 Å². The van der Waals surface area contributed by atoms with Gasteiger partial charge in [0.15, 0.2) is 43.3 Å². The second-order valence-corrected chi connectivity index (χ2v) is 23.2. The monoisotopic (exact) mass is 1320 g/mol. The number of carboxylic acids is 2. The third kappa shape index (κ3) is 20.6. The Morgan fingerprint density at radius 2 is 1.00 bits per heavy atom. The van der Waals surface area contributed by atoms with Crippen molar-refractivity contribution in [2.45, 2.75) is 122 Å². The van der Waals surface area contributed by atoms with Crippen molar-refractivity contribution in [3.63, 3.8) is 0 Å². The lowest BCUT2D eigenvalue weighted by atomic mass is 9.95. The van der Waals surface area contributed by atoms with Crippen LogP contribution in [0.1, 0.15) is 0 Å². The van der Waals surface area contributed by atoms with Gasteiger partial charge >= 0.3 is 80.1 Å². The molecule has 0 aliphatic carbocycles. The van der Waals surface area contributed by atoms with Crippen molar-refractivity contribution >= 4 is 80.1 Å². The molecule has 81 heavy (non-hydrogen) atoms. The van der Waals surface area contributed by atoms with Crippen molar-refractivity contribution in [2.24, 2.45) is 0 Å². The molecular weight excluding hydrogens is 1270 g/mol. The van der Waals surface area contributed by atoms with Crippen molar-refractivity contribution in [1.29, 1.82) is 0 Å². The van der Waals surface area contributed by atoms with E-state index in [2.05, 4.69) is 16.7 Å². The number of carbonyl (C=O) groups is 3. The highest BCUT2D eigenvalue weighted by Gasteiger charge is 2.62. The first-order valence-electron chi connectivity index (χ1n) is 21.4. The summed E-state index contributed by atoms with van der Waals surface area (Å²) in [7, 11) is -31.7. The van der Waals surface area contributed by atoms with E-state index in [1.807, 2.05) is 5.32 Å². The zero-order valence-corrected chi connectivity index (χ0v) is 45.0. The molecule has 45 nitrogen and oxygen atoms in total. The van der Waals surface area contributed by atoms with E-state index in [9.17, 15) is 123 Å². The number of ether oxygens (including phenoxy) is 10. The normalized spacial score (nSPS) is 36.6. The second kappa shape index (κ2) is 27.6. The molecule has 4 heterocycles. The largest absolute Gasteiger partial charge is 0.479 e. The number of methoxy groups -OCH3 is 2. The van der Waals surface area contributed by atoms with Gasteiger partial charge in [-0.15, -0.1) is 0 Å². The molecule has 1 amide bonds. The van der Waals surface area contributed by atoms with E-state index >= 15 is 0 Å². The maximum atomic E-state index is 13.0. The van der Waals surface area contributed by atoms with E-state index < -0.39 is 235 Å². The highest BCUT2D eigenvalue weighted by Crippen LogP contribution is 2.37. The van der Waals surface area contributed by atoms with E-state index in [1.165, 1.54) is 9.44 Å². The molecule has 20 atom stereocenters. The molecule has 474 valence electrons. The van der Waals surface area contributed by atoms with E-state index in [0.717, 1.165) is 14.2 Å². The van der Waals surface area contributed by atoms with Crippen LogP contribution in [0.15, 0.2) is 0 Å². The van der Waals surface area contributed by atoms with E-state index in [4.69, 9.17) is 51.9 Å². The summed E-state index contributed by atoms with van der Waals surface area (Å²) in [5, 5.41) is 77.8. The highest BCUT2D eigenvalue weighted by atomic mass is 32.3. The van der Waals surface area contributed by atoms with Crippen LogP contribution in [0.2, 0.25) is 0 Å². The number of aliphatic hydroxyl groups excluding tert-OH is 4. The van der Waals surface area contributed by atoms with Gasteiger partial charge in [-0.2, -0.15) is 60.0 Å². The van der Waals surface area contributed by atoms with Crippen molar-refractivity contribution in [3.05, 3.63) is 0 Å². The van der Waals surface area contributed by atoms with Gasteiger partial charge in [-0.1, -0.05) is 0 Å². The third-order valence-electron chi connectivity index (χ3n) is 11.0. The predicted molar refractivity (Wildman–Crippen MR) is 236 cm³/mol. The maximum Gasteiger partial charge on any atom is 0.398 e. The molecule has 0 unspecified atom stereocenters. The Morgan fingerprint density at radius 3 is 1.42 bits per heavy atom. The van der Waals surface area contributed by atoms with Crippen LogP contribution in [0.4, 0.5) is 0 Å². The molecule has 4 aliphatic rings. The number of rotatable bonds is 29. The SMILES string of the molecule is CO[C@@H]1O[C@@H](C(=O)O)[C@@H](O[C@H]2O[C@H](COS(=O)(=O)O)[C@@H](OCC(=O)NCCO[C@@]3(O)O[C@@H](C(=O)O)[C@@H](O[C@H]4O[C@H](COS(=O)(=O)O)[C@@H](OC)[C@H](O)[C@H]4NS(=O)(=O)O)[C@H](O)[C@H]3OS(=O)(=O)O)[C@H](O)[C@H]2NS(=O)(=O)O)[C@H](O)[C@H]1OS(=O)(=O)O. The minimum Gasteiger partial charge on any atom is -0.479 e. The van der Waals surface area contributed by atoms with E-state index in [-0.39, 0.29) is 0 Å². The summed E-state index contributed by atoms with van der Waals surface area (Å²) in [4.78, 5) is 37.7. The highest BCUT2D eigenvalue weighted by molar-refractivity contribution is 7.84. The molecule has 0 spiro atoms. The Labute approximate surface area is 454 Å². The van der Waals surface area contributed by atoms with Gasteiger partial charge in [-0.3, -0.25) is 32.1 Å². The van der Waals surface area contributed by atoms with Gasteiger partial charge in [0, 0.05) is 20.8 Å². The van der Waals surface area contributed by atoms with Gasteiger partial charge < -0.3 is 88.4 Å². The fourth-order valence-corrected chi connectivity index (χ4v) is 10.6. The molecule has 0 aromatic rings. The summed E-state index contributed by atoms with van der Waals surface area (Å²) in [5.74, 6) is -9.67. The lowest BCUT2D eigenvalue weighted by molar-refractivity contribution is -0.446. The van der Waals surface area contributed by atoms with E-state index in [1.54, 1.807) is 0 Å². The molecule has 0 radical (unpaired) electrons. The molecule has 0 bridgehead atoms. The fourth-order valence-electron chi connectivity index (χ4n) is 7.86. The fraction of sp³-hybridized carbons (Fsp3) is 0.900. The lowest BCUT2D eigenvalue weighted by Crippen LogP contribution is -2.71. The first-order chi connectivity index (χ1) is 36.9. The summed E-state index contributed by atoms with van der Waals surface area (Å²) in [6.45, 7) is -6.46. The zero-order chi connectivity index (χ0) is 61.8. The summed E-state index contributed by atoms with van der Waals surface area (Å²) >= 11 is 0.